The number of halogens is 1. The molecule has 2 aromatic rings. The van der Waals surface area contributed by atoms with Crippen LogP contribution >= 0.6 is 23.7 Å². The molecule has 0 radical (unpaired) electrons. The van der Waals surface area contributed by atoms with Crippen molar-refractivity contribution >= 4 is 28.9 Å². The van der Waals surface area contributed by atoms with Gasteiger partial charge in [0.05, 0.1) is 0 Å². The third-order valence-corrected chi connectivity index (χ3v) is 5.65. The summed E-state index contributed by atoms with van der Waals surface area (Å²) in [5.41, 5.74) is 7.15. The third-order valence-electron chi connectivity index (χ3n) is 4.84. The van der Waals surface area contributed by atoms with E-state index in [1.54, 1.807) is 11.3 Å². The van der Waals surface area contributed by atoms with Gasteiger partial charge >= 0.3 is 0 Å². The number of benzene rings is 1. The molecule has 2 aliphatic heterocycles. The Morgan fingerprint density at radius 2 is 1.61 bits per heavy atom. The van der Waals surface area contributed by atoms with Crippen molar-refractivity contribution in [2.75, 3.05) is 31.9 Å². The number of hydrogen-bond donors (Lipinski definition) is 1. The first kappa shape index (κ1) is 16.7. The molecule has 2 N–H and O–H groups in total. The van der Waals surface area contributed by atoms with Gasteiger partial charge in [0.15, 0.2) is 5.13 Å². The molecular formula is C17H23ClN4S. The van der Waals surface area contributed by atoms with E-state index in [1.807, 2.05) is 6.20 Å². The van der Waals surface area contributed by atoms with Crippen molar-refractivity contribution in [3.63, 3.8) is 0 Å². The lowest BCUT2D eigenvalue weighted by Crippen LogP contribution is -2.28. The first-order valence-electron chi connectivity index (χ1n) is 7.95. The van der Waals surface area contributed by atoms with Gasteiger partial charge in [0, 0.05) is 50.3 Å². The minimum atomic E-state index is 0. The standard InChI is InChI=1S/C17H22N4S.ClH/c18-17-19-6-16(22-17)12-21-10-14-8-20(9-15(14)11-21)7-13-4-2-1-3-5-13;/h1-6,14-15H,7-12H2,(H2,18,19);1H/t14-,15+;. The van der Waals surface area contributed by atoms with E-state index in [9.17, 15) is 0 Å². The number of nitrogens with two attached hydrogens (primary N) is 1. The lowest BCUT2D eigenvalue weighted by atomic mass is 10.0. The van der Waals surface area contributed by atoms with Gasteiger partial charge in [0.1, 0.15) is 0 Å². The first-order chi connectivity index (χ1) is 10.8. The van der Waals surface area contributed by atoms with E-state index in [4.69, 9.17) is 5.73 Å². The lowest BCUT2D eigenvalue weighted by molar-refractivity contribution is 0.247. The Bertz CT molecular complexity index is 619. The fourth-order valence-corrected chi connectivity index (χ4v) is 4.63. The highest BCUT2D eigenvalue weighted by molar-refractivity contribution is 7.15. The van der Waals surface area contributed by atoms with Crippen molar-refractivity contribution in [1.82, 2.24) is 14.8 Å². The van der Waals surface area contributed by atoms with Crippen LogP contribution < -0.4 is 5.73 Å². The van der Waals surface area contributed by atoms with E-state index in [2.05, 4.69) is 45.1 Å². The highest BCUT2D eigenvalue weighted by Gasteiger charge is 2.39. The summed E-state index contributed by atoms with van der Waals surface area (Å²) in [6.45, 7) is 7.02. The van der Waals surface area contributed by atoms with Crippen molar-refractivity contribution in [2.45, 2.75) is 13.1 Å². The van der Waals surface area contributed by atoms with Crippen LogP contribution in [0.5, 0.6) is 0 Å². The summed E-state index contributed by atoms with van der Waals surface area (Å²) in [7, 11) is 0. The number of anilines is 1. The average Bonchev–Trinajstić information content (AvgIpc) is 3.16. The molecular weight excluding hydrogens is 328 g/mol. The second kappa shape index (κ2) is 7.18. The Morgan fingerprint density at radius 3 is 2.17 bits per heavy atom. The maximum atomic E-state index is 5.72. The Kier molecular flexibility index (Phi) is 5.21. The molecule has 2 fully saturated rings. The summed E-state index contributed by atoms with van der Waals surface area (Å²) < 4.78 is 0. The largest absolute Gasteiger partial charge is 0.375 e. The number of rotatable bonds is 4. The van der Waals surface area contributed by atoms with Crippen LogP contribution in [-0.2, 0) is 13.1 Å². The number of aromatic nitrogens is 1. The van der Waals surface area contributed by atoms with Crippen LogP contribution in [0.3, 0.4) is 0 Å². The average molecular weight is 351 g/mol. The maximum absolute atomic E-state index is 5.72. The van der Waals surface area contributed by atoms with Crippen LogP contribution in [0.15, 0.2) is 36.5 Å². The van der Waals surface area contributed by atoms with Crippen LogP contribution in [0.1, 0.15) is 10.4 Å². The van der Waals surface area contributed by atoms with Gasteiger partial charge in [-0.25, -0.2) is 4.98 Å². The molecule has 2 atom stereocenters. The lowest BCUT2D eigenvalue weighted by Gasteiger charge is -2.20. The molecule has 4 rings (SSSR count). The molecule has 6 heteroatoms. The number of fused-ring (bicyclic) bond motifs is 1. The Balaban J connectivity index is 0.00000156. The fraction of sp³-hybridized carbons (Fsp3) is 0.471. The molecule has 4 nitrogen and oxygen atoms in total. The van der Waals surface area contributed by atoms with Crippen molar-refractivity contribution in [1.29, 1.82) is 0 Å². The third kappa shape index (κ3) is 3.86. The summed E-state index contributed by atoms with van der Waals surface area (Å²) in [4.78, 5) is 10.6. The Labute approximate surface area is 147 Å². The second-order valence-electron chi connectivity index (χ2n) is 6.56. The van der Waals surface area contributed by atoms with E-state index < -0.39 is 0 Å². The normalized spacial score (nSPS) is 24.5. The van der Waals surface area contributed by atoms with Gasteiger partial charge in [-0.05, 0) is 17.4 Å². The quantitative estimate of drug-likeness (QED) is 0.920. The predicted molar refractivity (Wildman–Crippen MR) is 97.8 cm³/mol. The van der Waals surface area contributed by atoms with Gasteiger partial charge in [-0.2, -0.15) is 0 Å². The molecule has 0 spiro atoms. The predicted octanol–water partition coefficient (Wildman–Crippen LogP) is 2.71. The highest BCUT2D eigenvalue weighted by Crippen LogP contribution is 2.33. The van der Waals surface area contributed by atoms with Crippen LogP contribution in [0.25, 0.3) is 0 Å². The van der Waals surface area contributed by atoms with E-state index in [1.165, 1.54) is 36.6 Å². The van der Waals surface area contributed by atoms with Gasteiger partial charge in [-0.1, -0.05) is 30.3 Å². The molecule has 1 aromatic heterocycles. The Morgan fingerprint density at radius 1 is 1.00 bits per heavy atom. The molecule has 0 amide bonds. The van der Waals surface area contributed by atoms with Crippen LogP contribution in [0.4, 0.5) is 5.13 Å². The molecule has 2 saturated heterocycles. The zero-order chi connectivity index (χ0) is 14.9. The van der Waals surface area contributed by atoms with E-state index in [-0.39, 0.29) is 12.4 Å². The number of hydrogen-bond acceptors (Lipinski definition) is 5. The van der Waals surface area contributed by atoms with Gasteiger partial charge in [0.2, 0.25) is 0 Å². The molecule has 3 heterocycles. The van der Waals surface area contributed by atoms with E-state index in [0.29, 0.717) is 5.13 Å². The van der Waals surface area contributed by atoms with Crippen molar-refractivity contribution in [3.05, 3.63) is 47.0 Å². The molecule has 124 valence electrons. The molecule has 0 aliphatic carbocycles. The monoisotopic (exact) mass is 350 g/mol. The fourth-order valence-electron chi connectivity index (χ4n) is 3.90. The van der Waals surface area contributed by atoms with Gasteiger partial charge in [0.25, 0.3) is 0 Å². The number of thiazole rings is 1. The smallest absolute Gasteiger partial charge is 0.180 e. The van der Waals surface area contributed by atoms with Crippen LogP contribution in [-0.4, -0.2) is 41.0 Å². The maximum Gasteiger partial charge on any atom is 0.180 e. The van der Waals surface area contributed by atoms with Gasteiger partial charge in [-0.15, -0.1) is 23.7 Å². The number of nitrogens with zero attached hydrogens (tertiary/aromatic N) is 3. The summed E-state index contributed by atoms with van der Waals surface area (Å²) >= 11 is 1.62. The zero-order valence-corrected chi connectivity index (χ0v) is 14.7. The van der Waals surface area contributed by atoms with Gasteiger partial charge in [-0.3, -0.25) is 9.80 Å². The molecule has 0 bridgehead atoms. The minimum Gasteiger partial charge on any atom is -0.375 e. The molecule has 0 saturated carbocycles. The minimum absolute atomic E-state index is 0. The van der Waals surface area contributed by atoms with E-state index >= 15 is 0 Å². The summed E-state index contributed by atoms with van der Waals surface area (Å²) in [5.74, 6) is 1.66. The first-order valence-corrected chi connectivity index (χ1v) is 8.77. The SMILES string of the molecule is Cl.Nc1ncc(CN2C[C@H]3CN(Cc4ccccc4)C[C@H]3C2)s1. The molecule has 23 heavy (non-hydrogen) atoms. The van der Waals surface area contributed by atoms with Crippen LogP contribution in [0, 0.1) is 11.8 Å². The number of nitrogen functional groups attached to an aromatic ring is 1. The van der Waals surface area contributed by atoms with Crippen molar-refractivity contribution in [3.8, 4) is 0 Å². The van der Waals surface area contributed by atoms with Crippen molar-refractivity contribution < 1.29 is 0 Å². The van der Waals surface area contributed by atoms with Gasteiger partial charge < -0.3 is 5.73 Å². The van der Waals surface area contributed by atoms with Crippen LogP contribution in [0.2, 0.25) is 0 Å². The van der Waals surface area contributed by atoms with Crippen molar-refractivity contribution in [2.24, 2.45) is 11.8 Å². The summed E-state index contributed by atoms with van der Waals surface area (Å²) in [6.07, 6.45) is 1.93. The summed E-state index contributed by atoms with van der Waals surface area (Å²) in [5, 5.41) is 0.684. The Hall–Kier alpha value is -1.14. The zero-order valence-electron chi connectivity index (χ0n) is 13.1. The molecule has 2 aliphatic rings. The number of likely N-dealkylation sites (tertiary alicyclic amines) is 2. The second-order valence-corrected chi connectivity index (χ2v) is 7.71. The highest BCUT2D eigenvalue weighted by atomic mass is 35.5. The molecule has 1 aromatic carbocycles. The summed E-state index contributed by atoms with van der Waals surface area (Å²) in [6, 6.07) is 10.8. The topological polar surface area (TPSA) is 45.4 Å². The van der Waals surface area contributed by atoms with E-state index in [0.717, 1.165) is 24.9 Å². The molecule has 0 unspecified atom stereocenters.